The molecule has 0 heterocycles. The predicted octanol–water partition coefficient (Wildman–Crippen LogP) is 2.13. The smallest absolute Gasteiger partial charge is 0.188 e. The number of rotatable bonds is 9. The summed E-state index contributed by atoms with van der Waals surface area (Å²) in [6.45, 7) is 7.00. The maximum atomic E-state index is 5.85. The lowest BCUT2D eigenvalue weighted by molar-refractivity contribution is 0.145. The van der Waals surface area contributed by atoms with Gasteiger partial charge in [0.15, 0.2) is 5.96 Å². The van der Waals surface area contributed by atoms with Crippen LogP contribution >= 0.6 is 0 Å². The molecule has 0 aliphatic rings. The maximum Gasteiger partial charge on any atom is 0.188 e. The molecule has 0 saturated carbocycles. The summed E-state index contributed by atoms with van der Waals surface area (Å²) in [7, 11) is 1.68. The van der Waals surface area contributed by atoms with Crippen LogP contribution in [-0.4, -0.2) is 39.4 Å². The summed E-state index contributed by atoms with van der Waals surface area (Å²) in [4.78, 5) is 4.38. The minimum absolute atomic E-state index is 0.255. The molecule has 0 radical (unpaired) electrons. The number of guanidine groups is 1. The van der Waals surface area contributed by atoms with Crippen LogP contribution in [0.15, 0.2) is 29.3 Å². The Bertz CT molecular complexity index is 435. The third-order valence-corrected chi connectivity index (χ3v) is 3.18. The summed E-state index contributed by atoms with van der Waals surface area (Å²) in [5, 5.41) is 3.09. The lowest BCUT2D eigenvalue weighted by Gasteiger charge is -2.14. The van der Waals surface area contributed by atoms with Crippen LogP contribution in [0.1, 0.15) is 31.7 Å². The first kappa shape index (κ1) is 17.3. The highest BCUT2D eigenvalue weighted by molar-refractivity contribution is 5.77. The van der Waals surface area contributed by atoms with E-state index in [9.17, 15) is 0 Å². The first-order valence-electron chi connectivity index (χ1n) is 7.43. The van der Waals surface area contributed by atoms with Crippen molar-refractivity contribution in [2.75, 3.05) is 33.4 Å². The van der Waals surface area contributed by atoms with Crippen LogP contribution in [0.5, 0.6) is 5.75 Å². The van der Waals surface area contributed by atoms with Gasteiger partial charge in [0.05, 0.1) is 7.11 Å². The van der Waals surface area contributed by atoms with Gasteiger partial charge in [-0.05, 0) is 25.0 Å². The van der Waals surface area contributed by atoms with Crippen LogP contribution in [0.25, 0.3) is 0 Å². The number of benzene rings is 1. The Balaban J connectivity index is 2.40. The molecule has 5 nitrogen and oxygen atoms in total. The van der Waals surface area contributed by atoms with E-state index in [4.69, 9.17) is 15.2 Å². The SMILES string of the molecule is CCOCCCNC(N)=NCC(C)c1ccccc1OC. The lowest BCUT2D eigenvalue weighted by Crippen LogP contribution is -2.33. The average Bonchev–Trinajstić information content (AvgIpc) is 2.52. The van der Waals surface area contributed by atoms with E-state index in [-0.39, 0.29) is 5.92 Å². The molecule has 5 heteroatoms. The molecule has 0 fully saturated rings. The van der Waals surface area contributed by atoms with Gasteiger partial charge in [-0.15, -0.1) is 0 Å². The average molecular weight is 293 g/mol. The first-order chi connectivity index (χ1) is 10.2. The molecule has 1 rings (SSSR count). The van der Waals surface area contributed by atoms with Gasteiger partial charge >= 0.3 is 0 Å². The third kappa shape index (κ3) is 6.49. The van der Waals surface area contributed by atoms with Gasteiger partial charge in [0.25, 0.3) is 0 Å². The minimum atomic E-state index is 0.255. The largest absolute Gasteiger partial charge is 0.496 e. The second-order valence-corrected chi connectivity index (χ2v) is 4.85. The fourth-order valence-electron chi connectivity index (χ4n) is 2.00. The summed E-state index contributed by atoms with van der Waals surface area (Å²) < 4.78 is 10.6. The Hall–Kier alpha value is -1.75. The van der Waals surface area contributed by atoms with Gasteiger partial charge in [0.2, 0.25) is 0 Å². The van der Waals surface area contributed by atoms with Gasteiger partial charge < -0.3 is 20.5 Å². The van der Waals surface area contributed by atoms with Crippen molar-refractivity contribution < 1.29 is 9.47 Å². The zero-order valence-electron chi connectivity index (χ0n) is 13.3. The molecule has 0 aromatic heterocycles. The van der Waals surface area contributed by atoms with E-state index in [0.29, 0.717) is 12.5 Å². The predicted molar refractivity (Wildman–Crippen MR) is 87.0 cm³/mol. The van der Waals surface area contributed by atoms with E-state index in [1.54, 1.807) is 7.11 Å². The van der Waals surface area contributed by atoms with Gasteiger partial charge in [-0.25, -0.2) is 0 Å². The molecule has 0 aliphatic heterocycles. The molecule has 1 aromatic rings. The van der Waals surface area contributed by atoms with Gasteiger partial charge in [-0.1, -0.05) is 25.1 Å². The quantitative estimate of drug-likeness (QED) is 0.416. The van der Waals surface area contributed by atoms with Crippen molar-refractivity contribution in [1.82, 2.24) is 5.32 Å². The van der Waals surface area contributed by atoms with E-state index in [0.717, 1.165) is 37.5 Å². The molecule has 0 bridgehead atoms. The number of nitrogens with one attached hydrogen (secondary N) is 1. The molecule has 3 N–H and O–H groups in total. The summed E-state index contributed by atoms with van der Waals surface area (Å²) in [5.74, 6) is 1.63. The minimum Gasteiger partial charge on any atom is -0.496 e. The van der Waals surface area contributed by atoms with Crippen molar-refractivity contribution in [3.05, 3.63) is 29.8 Å². The highest BCUT2D eigenvalue weighted by atomic mass is 16.5. The monoisotopic (exact) mass is 293 g/mol. The van der Waals surface area contributed by atoms with Gasteiger partial charge in [0, 0.05) is 32.2 Å². The fraction of sp³-hybridized carbons (Fsp3) is 0.562. The van der Waals surface area contributed by atoms with Gasteiger partial charge in [-0.3, -0.25) is 4.99 Å². The molecule has 0 spiro atoms. The Labute approximate surface area is 127 Å². The maximum absolute atomic E-state index is 5.85. The highest BCUT2D eigenvalue weighted by Gasteiger charge is 2.10. The van der Waals surface area contributed by atoms with Crippen molar-refractivity contribution >= 4 is 5.96 Å². The van der Waals surface area contributed by atoms with Crippen LogP contribution in [-0.2, 0) is 4.74 Å². The summed E-state index contributed by atoms with van der Waals surface area (Å²) in [6, 6.07) is 8.00. The standard InChI is InChI=1S/C16H27N3O2/c1-4-21-11-7-10-18-16(17)19-12-13(2)14-8-5-6-9-15(14)20-3/h5-6,8-9,13H,4,7,10-12H2,1-3H3,(H3,17,18,19). The molecule has 1 aromatic carbocycles. The van der Waals surface area contributed by atoms with Crippen molar-refractivity contribution in [3.63, 3.8) is 0 Å². The number of hydrogen-bond acceptors (Lipinski definition) is 3. The summed E-state index contributed by atoms with van der Waals surface area (Å²) in [5.41, 5.74) is 7.00. The van der Waals surface area contributed by atoms with Crippen molar-refractivity contribution in [1.29, 1.82) is 0 Å². The second kappa shape index (κ2) is 10.0. The second-order valence-electron chi connectivity index (χ2n) is 4.85. The topological polar surface area (TPSA) is 68.9 Å². The Kier molecular flexibility index (Phi) is 8.28. The van der Waals surface area contributed by atoms with Crippen LogP contribution in [0.3, 0.4) is 0 Å². The summed E-state index contributed by atoms with van der Waals surface area (Å²) >= 11 is 0. The fourth-order valence-corrected chi connectivity index (χ4v) is 2.00. The normalized spacial score (nSPS) is 13.0. The zero-order chi connectivity index (χ0) is 15.5. The van der Waals surface area contributed by atoms with Crippen molar-refractivity contribution in [2.45, 2.75) is 26.2 Å². The zero-order valence-corrected chi connectivity index (χ0v) is 13.3. The van der Waals surface area contributed by atoms with Crippen LogP contribution in [0, 0.1) is 0 Å². The van der Waals surface area contributed by atoms with E-state index < -0.39 is 0 Å². The van der Waals surface area contributed by atoms with Crippen LogP contribution in [0.2, 0.25) is 0 Å². The number of hydrogen-bond donors (Lipinski definition) is 2. The number of nitrogens with two attached hydrogens (primary N) is 1. The lowest BCUT2D eigenvalue weighted by atomic mass is 10.0. The van der Waals surface area contributed by atoms with E-state index >= 15 is 0 Å². The Morgan fingerprint density at radius 1 is 1.38 bits per heavy atom. The van der Waals surface area contributed by atoms with Crippen LogP contribution in [0.4, 0.5) is 0 Å². The number of ether oxygens (including phenoxy) is 2. The Morgan fingerprint density at radius 2 is 2.14 bits per heavy atom. The van der Waals surface area contributed by atoms with Crippen molar-refractivity contribution in [3.8, 4) is 5.75 Å². The molecule has 1 unspecified atom stereocenters. The highest BCUT2D eigenvalue weighted by Crippen LogP contribution is 2.26. The van der Waals surface area contributed by atoms with Crippen LogP contribution < -0.4 is 15.8 Å². The number of aliphatic imine (C=N–C) groups is 1. The molecule has 0 amide bonds. The number of nitrogens with zero attached hydrogens (tertiary/aromatic N) is 1. The van der Waals surface area contributed by atoms with E-state index in [2.05, 4.69) is 23.3 Å². The first-order valence-corrected chi connectivity index (χ1v) is 7.43. The van der Waals surface area contributed by atoms with E-state index in [1.165, 1.54) is 0 Å². The number of para-hydroxylation sites is 1. The van der Waals surface area contributed by atoms with E-state index in [1.807, 2.05) is 25.1 Å². The molecule has 0 aliphatic carbocycles. The van der Waals surface area contributed by atoms with Crippen molar-refractivity contribution in [2.24, 2.45) is 10.7 Å². The molecular weight excluding hydrogens is 266 g/mol. The molecule has 1 atom stereocenters. The van der Waals surface area contributed by atoms with Gasteiger partial charge in [-0.2, -0.15) is 0 Å². The molecule has 118 valence electrons. The summed E-state index contributed by atoms with van der Waals surface area (Å²) in [6.07, 6.45) is 0.923. The Morgan fingerprint density at radius 3 is 2.86 bits per heavy atom. The third-order valence-electron chi connectivity index (χ3n) is 3.18. The molecule has 21 heavy (non-hydrogen) atoms. The van der Waals surface area contributed by atoms with Gasteiger partial charge in [0.1, 0.15) is 5.75 Å². The molecule has 0 saturated heterocycles. The number of methoxy groups -OCH3 is 1. The molecular formula is C16H27N3O2.